The molecule has 1 fully saturated rings. The average molecular weight is 671 g/mol. The Morgan fingerprint density at radius 3 is 2.40 bits per heavy atom. The SMILES string of the molecule is CCS(=O)(=O)N(CC(=O)N(Cc1cccc(Br)c1)[C@@H](Cc1ccccc1)C(=O)NC1CCCC1)c1ccc2c(c1)OCO2. The minimum Gasteiger partial charge on any atom is -0.454 e. The second kappa shape index (κ2) is 13.8. The first-order valence-electron chi connectivity index (χ1n) is 14.5. The first-order valence-corrected chi connectivity index (χ1v) is 16.9. The van der Waals surface area contributed by atoms with E-state index in [9.17, 15) is 18.0 Å². The molecule has 1 aliphatic heterocycles. The monoisotopic (exact) mass is 669 g/mol. The molecule has 3 aromatic rings. The second-order valence-electron chi connectivity index (χ2n) is 10.8. The molecule has 43 heavy (non-hydrogen) atoms. The fraction of sp³-hybridized carbons (Fsp3) is 0.375. The number of benzene rings is 3. The zero-order valence-corrected chi connectivity index (χ0v) is 26.5. The van der Waals surface area contributed by atoms with Crippen LogP contribution in [0.1, 0.15) is 43.7 Å². The Labute approximate surface area is 261 Å². The Balaban J connectivity index is 1.52. The number of fused-ring (bicyclic) bond motifs is 1. The Hall–Kier alpha value is -3.57. The number of hydrogen-bond acceptors (Lipinski definition) is 6. The van der Waals surface area contributed by atoms with E-state index in [1.165, 1.54) is 11.8 Å². The molecule has 3 aromatic carbocycles. The maximum Gasteiger partial charge on any atom is 0.244 e. The first-order chi connectivity index (χ1) is 20.7. The third-order valence-corrected chi connectivity index (χ3v) is 10.1. The van der Waals surface area contributed by atoms with E-state index in [2.05, 4.69) is 21.2 Å². The molecule has 0 unspecified atom stereocenters. The van der Waals surface area contributed by atoms with E-state index < -0.39 is 28.5 Å². The maximum absolute atomic E-state index is 14.4. The van der Waals surface area contributed by atoms with Crippen LogP contribution in [0.5, 0.6) is 11.5 Å². The number of anilines is 1. The molecule has 11 heteroatoms. The molecule has 0 saturated heterocycles. The molecular formula is C32H36BrN3O6S. The standard InChI is InChI=1S/C32H36BrN3O6S/c1-2-43(39,40)36(27-15-16-29-30(19-27)42-22-41-29)21-31(37)35(20-24-11-8-12-25(33)17-24)28(18-23-9-4-3-5-10-23)32(38)34-26-13-6-7-14-26/h3-5,8-12,15-17,19,26,28H,2,6-7,13-14,18,20-22H2,1H3,(H,34,38)/t28-/m0/s1. The summed E-state index contributed by atoms with van der Waals surface area (Å²) in [5.41, 5.74) is 1.99. The van der Waals surface area contributed by atoms with Crippen LogP contribution in [-0.4, -0.2) is 56.3 Å². The summed E-state index contributed by atoms with van der Waals surface area (Å²) in [4.78, 5) is 29.8. The van der Waals surface area contributed by atoms with E-state index in [0.29, 0.717) is 11.5 Å². The Kier molecular flexibility index (Phi) is 9.92. The van der Waals surface area contributed by atoms with Crippen LogP contribution in [-0.2, 0) is 32.6 Å². The quantitative estimate of drug-likeness (QED) is 0.290. The highest BCUT2D eigenvalue weighted by Crippen LogP contribution is 2.36. The van der Waals surface area contributed by atoms with Crippen molar-refractivity contribution < 1.29 is 27.5 Å². The van der Waals surface area contributed by atoms with Crippen LogP contribution in [0.4, 0.5) is 5.69 Å². The van der Waals surface area contributed by atoms with Gasteiger partial charge in [-0.15, -0.1) is 0 Å². The normalized spacial score (nSPS) is 15.2. The summed E-state index contributed by atoms with van der Waals surface area (Å²) in [6, 6.07) is 21.1. The molecule has 0 bridgehead atoms. The third-order valence-electron chi connectivity index (χ3n) is 7.84. The number of nitrogens with zero attached hydrogens (tertiary/aromatic N) is 2. The van der Waals surface area contributed by atoms with Gasteiger partial charge in [0, 0.05) is 29.5 Å². The lowest BCUT2D eigenvalue weighted by molar-refractivity contribution is -0.140. The first kappa shape index (κ1) is 30.9. The minimum atomic E-state index is -3.88. The molecule has 9 nitrogen and oxygen atoms in total. The summed E-state index contributed by atoms with van der Waals surface area (Å²) in [5, 5.41) is 3.18. The van der Waals surface area contributed by atoms with Crippen molar-refractivity contribution in [1.29, 1.82) is 0 Å². The van der Waals surface area contributed by atoms with Crippen molar-refractivity contribution in [2.75, 3.05) is 23.4 Å². The van der Waals surface area contributed by atoms with Crippen LogP contribution in [0.3, 0.4) is 0 Å². The van der Waals surface area contributed by atoms with Crippen molar-refractivity contribution >= 4 is 43.5 Å². The largest absolute Gasteiger partial charge is 0.454 e. The minimum absolute atomic E-state index is 0.0376. The van der Waals surface area contributed by atoms with Gasteiger partial charge < -0.3 is 19.7 Å². The molecule has 1 saturated carbocycles. The predicted molar refractivity (Wildman–Crippen MR) is 168 cm³/mol. The molecule has 1 heterocycles. The van der Waals surface area contributed by atoms with Crippen molar-refractivity contribution in [3.05, 3.63) is 88.4 Å². The number of amides is 2. The fourth-order valence-corrected chi connectivity index (χ4v) is 7.01. The number of halogens is 1. The topological polar surface area (TPSA) is 105 Å². The van der Waals surface area contributed by atoms with E-state index >= 15 is 0 Å². The van der Waals surface area contributed by atoms with Crippen molar-refractivity contribution in [2.24, 2.45) is 0 Å². The molecule has 5 rings (SSSR count). The van der Waals surface area contributed by atoms with E-state index in [-0.39, 0.29) is 43.1 Å². The molecule has 0 spiro atoms. The average Bonchev–Trinajstić information content (AvgIpc) is 3.70. The summed E-state index contributed by atoms with van der Waals surface area (Å²) < 4.78 is 39.6. The highest BCUT2D eigenvalue weighted by molar-refractivity contribution is 9.10. The van der Waals surface area contributed by atoms with Gasteiger partial charge in [-0.3, -0.25) is 13.9 Å². The van der Waals surface area contributed by atoms with Gasteiger partial charge in [-0.1, -0.05) is 71.2 Å². The number of carbonyl (C=O) groups excluding carboxylic acids is 2. The van der Waals surface area contributed by atoms with Crippen LogP contribution < -0.4 is 19.1 Å². The van der Waals surface area contributed by atoms with Gasteiger partial charge in [0.15, 0.2) is 11.5 Å². The highest BCUT2D eigenvalue weighted by Gasteiger charge is 2.35. The lowest BCUT2D eigenvalue weighted by Crippen LogP contribution is -2.54. The summed E-state index contributed by atoms with van der Waals surface area (Å²) in [5.74, 6) is -0.0308. The molecule has 0 aromatic heterocycles. The maximum atomic E-state index is 14.4. The number of sulfonamides is 1. The molecule has 0 radical (unpaired) electrons. The van der Waals surface area contributed by atoms with Gasteiger partial charge in [-0.2, -0.15) is 0 Å². The van der Waals surface area contributed by atoms with E-state index in [0.717, 1.165) is 45.6 Å². The van der Waals surface area contributed by atoms with E-state index in [4.69, 9.17) is 9.47 Å². The summed E-state index contributed by atoms with van der Waals surface area (Å²) in [6.07, 6.45) is 4.18. The van der Waals surface area contributed by atoms with Gasteiger partial charge in [0.2, 0.25) is 28.6 Å². The number of hydrogen-bond donors (Lipinski definition) is 1. The smallest absolute Gasteiger partial charge is 0.244 e. The summed E-state index contributed by atoms with van der Waals surface area (Å²) in [7, 11) is -3.88. The van der Waals surface area contributed by atoms with Gasteiger partial charge >= 0.3 is 0 Å². The Morgan fingerprint density at radius 2 is 1.67 bits per heavy atom. The van der Waals surface area contributed by atoms with Crippen molar-refractivity contribution in [2.45, 2.75) is 57.7 Å². The van der Waals surface area contributed by atoms with E-state index in [1.807, 2.05) is 54.6 Å². The highest BCUT2D eigenvalue weighted by atomic mass is 79.9. The molecule has 1 atom stereocenters. The Bertz CT molecular complexity index is 1550. The fourth-order valence-electron chi connectivity index (χ4n) is 5.51. The second-order valence-corrected chi connectivity index (χ2v) is 13.9. The summed E-state index contributed by atoms with van der Waals surface area (Å²) in [6.45, 7) is 1.21. The number of nitrogens with one attached hydrogen (secondary N) is 1. The predicted octanol–water partition coefficient (Wildman–Crippen LogP) is 5.03. The third kappa shape index (κ3) is 7.69. The van der Waals surface area contributed by atoms with Crippen LogP contribution in [0, 0.1) is 0 Å². The number of ether oxygens (including phenoxy) is 2. The molecular weight excluding hydrogens is 634 g/mol. The van der Waals surface area contributed by atoms with Crippen LogP contribution in [0.2, 0.25) is 0 Å². The molecule has 1 N–H and O–H groups in total. The van der Waals surface area contributed by atoms with Gasteiger partial charge in [0.05, 0.1) is 11.4 Å². The van der Waals surface area contributed by atoms with Crippen molar-refractivity contribution in [3.8, 4) is 11.5 Å². The molecule has 1 aliphatic carbocycles. The van der Waals surface area contributed by atoms with Crippen molar-refractivity contribution in [1.82, 2.24) is 10.2 Å². The van der Waals surface area contributed by atoms with Crippen molar-refractivity contribution in [3.63, 3.8) is 0 Å². The van der Waals surface area contributed by atoms with Gasteiger partial charge in [0.25, 0.3) is 0 Å². The molecule has 2 amide bonds. The molecule has 228 valence electrons. The van der Waals surface area contributed by atoms with Crippen LogP contribution in [0.15, 0.2) is 77.3 Å². The number of carbonyl (C=O) groups is 2. The zero-order valence-electron chi connectivity index (χ0n) is 24.1. The van der Waals surface area contributed by atoms with Gasteiger partial charge in [0.1, 0.15) is 12.6 Å². The lowest BCUT2D eigenvalue weighted by atomic mass is 10.0. The summed E-state index contributed by atoms with van der Waals surface area (Å²) >= 11 is 3.51. The molecule has 2 aliphatic rings. The van der Waals surface area contributed by atoms with Crippen LogP contribution >= 0.6 is 15.9 Å². The number of rotatable bonds is 12. The van der Waals surface area contributed by atoms with Gasteiger partial charge in [-0.25, -0.2) is 8.42 Å². The van der Waals surface area contributed by atoms with Crippen LogP contribution in [0.25, 0.3) is 0 Å². The Morgan fingerprint density at radius 1 is 0.953 bits per heavy atom. The van der Waals surface area contributed by atoms with Gasteiger partial charge in [-0.05, 0) is 55.2 Å². The lowest BCUT2D eigenvalue weighted by Gasteiger charge is -2.34. The van der Waals surface area contributed by atoms with E-state index in [1.54, 1.807) is 18.2 Å². The zero-order chi connectivity index (χ0) is 30.4.